The van der Waals surface area contributed by atoms with E-state index in [1.165, 1.54) is 5.56 Å². The van der Waals surface area contributed by atoms with Gasteiger partial charge in [0.25, 0.3) is 0 Å². The molecule has 0 saturated carbocycles. The number of benzene rings is 1. The molecule has 3 aromatic rings. The van der Waals surface area contributed by atoms with Crippen LogP contribution in [0.1, 0.15) is 11.4 Å². The Hall–Kier alpha value is -2.49. The van der Waals surface area contributed by atoms with Gasteiger partial charge in [-0.2, -0.15) is 5.10 Å². The Morgan fingerprint density at radius 2 is 1.72 bits per heavy atom. The van der Waals surface area contributed by atoms with Crippen LogP contribution in [-0.2, 0) is 6.42 Å². The Kier molecular flexibility index (Phi) is 2.84. The molecule has 0 aliphatic carbocycles. The molecule has 0 aliphatic rings. The van der Waals surface area contributed by atoms with Crippen LogP contribution in [0.25, 0.3) is 11.4 Å². The van der Waals surface area contributed by atoms with Crippen molar-refractivity contribution in [2.75, 3.05) is 0 Å². The highest BCUT2D eigenvalue weighted by Crippen LogP contribution is 2.14. The summed E-state index contributed by atoms with van der Waals surface area (Å²) in [4.78, 5) is 8.48. The molecule has 4 nitrogen and oxygen atoms in total. The first kappa shape index (κ1) is 10.7. The lowest BCUT2D eigenvalue weighted by Crippen LogP contribution is -1.90. The third-order valence-corrected chi connectivity index (χ3v) is 2.68. The van der Waals surface area contributed by atoms with Crippen molar-refractivity contribution >= 4 is 0 Å². The maximum absolute atomic E-state index is 4.49. The number of nitrogens with zero attached hydrogens (tertiary/aromatic N) is 3. The van der Waals surface area contributed by atoms with E-state index in [0.717, 1.165) is 23.6 Å². The number of aromatic amines is 1. The molecule has 0 radical (unpaired) electrons. The average Bonchev–Trinajstić information content (AvgIpc) is 2.89. The molecule has 0 unspecified atom stereocenters. The van der Waals surface area contributed by atoms with Crippen LogP contribution in [0.4, 0.5) is 0 Å². The summed E-state index contributed by atoms with van der Waals surface area (Å²) >= 11 is 0. The summed E-state index contributed by atoms with van der Waals surface area (Å²) in [6.07, 6.45) is 4.30. The monoisotopic (exact) mass is 236 g/mol. The fourth-order valence-electron chi connectivity index (χ4n) is 1.78. The van der Waals surface area contributed by atoms with E-state index in [9.17, 15) is 0 Å². The van der Waals surface area contributed by atoms with Gasteiger partial charge in [0, 0.05) is 24.4 Å². The Morgan fingerprint density at radius 3 is 2.50 bits per heavy atom. The minimum Gasteiger partial charge on any atom is -0.265 e. The van der Waals surface area contributed by atoms with Crippen LogP contribution >= 0.6 is 0 Å². The topological polar surface area (TPSA) is 54.5 Å². The molecule has 0 bridgehead atoms. The quantitative estimate of drug-likeness (QED) is 0.760. The van der Waals surface area contributed by atoms with Crippen LogP contribution in [0.5, 0.6) is 0 Å². The lowest BCUT2D eigenvalue weighted by Gasteiger charge is -1.95. The van der Waals surface area contributed by atoms with Crippen molar-refractivity contribution in [2.24, 2.45) is 0 Å². The van der Waals surface area contributed by atoms with E-state index in [-0.39, 0.29) is 0 Å². The van der Waals surface area contributed by atoms with Crippen LogP contribution in [0.2, 0.25) is 0 Å². The first-order valence-electron chi connectivity index (χ1n) is 5.77. The summed E-state index contributed by atoms with van der Waals surface area (Å²) in [7, 11) is 0. The van der Waals surface area contributed by atoms with E-state index >= 15 is 0 Å². The second-order valence-corrected chi connectivity index (χ2v) is 4.00. The number of hydrogen-bond donors (Lipinski definition) is 1. The minimum absolute atomic E-state index is 0.736. The molecule has 1 N–H and O–H groups in total. The van der Waals surface area contributed by atoms with Gasteiger partial charge in [-0.3, -0.25) is 10.1 Å². The van der Waals surface area contributed by atoms with E-state index in [0.29, 0.717) is 0 Å². The number of hydrogen-bond acceptors (Lipinski definition) is 3. The average molecular weight is 236 g/mol. The molecular weight excluding hydrogens is 224 g/mol. The highest BCUT2D eigenvalue weighted by atomic mass is 15.2. The summed E-state index contributed by atoms with van der Waals surface area (Å²) in [5, 5.41) is 7.20. The van der Waals surface area contributed by atoms with Gasteiger partial charge in [-0.25, -0.2) is 4.98 Å². The predicted octanol–water partition coefficient (Wildman–Crippen LogP) is 2.46. The number of rotatable bonds is 3. The fourth-order valence-corrected chi connectivity index (χ4v) is 1.78. The number of pyridine rings is 1. The molecule has 0 amide bonds. The van der Waals surface area contributed by atoms with Crippen molar-refractivity contribution in [3.63, 3.8) is 0 Å². The van der Waals surface area contributed by atoms with Gasteiger partial charge < -0.3 is 0 Å². The van der Waals surface area contributed by atoms with Gasteiger partial charge in [-0.05, 0) is 17.7 Å². The first-order valence-corrected chi connectivity index (χ1v) is 5.77. The third kappa shape index (κ3) is 2.27. The van der Waals surface area contributed by atoms with E-state index in [2.05, 4.69) is 20.2 Å². The summed E-state index contributed by atoms with van der Waals surface area (Å²) in [6, 6.07) is 13.9. The third-order valence-electron chi connectivity index (χ3n) is 2.68. The Balaban J connectivity index is 1.82. The summed E-state index contributed by atoms with van der Waals surface area (Å²) in [6.45, 7) is 0. The zero-order valence-electron chi connectivity index (χ0n) is 9.74. The van der Waals surface area contributed by atoms with E-state index < -0.39 is 0 Å². The van der Waals surface area contributed by atoms with E-state index in [1.807, 2.05) is 42.5 Å². The minimum atomic E-state index is 0.736. The molecular formula is C14H12N4. The Bertz CT molecular complexity index is 617. The Labute approximate surface area is 105 Å². The highest BCUT2D eigenvalue weighted by Gasteiger charge is 2.05. The molecule has 0 aliphatic heterocycles. The van der Waals surface area contributed by atoms with Crippen molar-refractivity contribution in [2.45, 2.75) is 6.42 Å². The van der Waals surface area contributed by atoms with E-state index in [4.69, 9.17) is 0 Å². The molecule has 0 fully saturated rings. The SMILES string of the molecule is c1ccc(-c2n[nH]c(Cc3ccncc3)n2)cc1. The van der Waals surface area contributed by atoms with Gasteiger partial charge in [0.2, 0.25) is 0 Å². The van der Waals surface area contributed by atoms with Crippen LogP contribution in [0.15, 0.2) is 54.9 Å². The first-order chi connectivity index (χ1) is 8.92. The zero-order chi connectivity index (χ0) is 12.2. The molecule has 18 heavy (non-hydrogen) atoms. The zero-order valence-corrected chi connectivity index (χ0v) is 9.74. The maximum Gasteiger partial charge on any atom is 0.181 e. The second kappa shape index (κ2) is 4.79. The number of nitrogens with one attached hydrogen (secondary N) is 1. The Morgan fingerprint density at radius 1 is 0.944 bits per heavy atom. The molecule has 88 valence electrons. The summed E-state index contributed by atoms with van der Waals surface area (Å²) in [5.74, 6) is 1.60. The van der Waals surface area contributed by atoms with Gasteiger partial charge >= 0.3 is 0 Å². The second-order valence-electron chi connectivity index (χ2n) is 4.00. The predicted molar refractivity (Wildman–Crippen MR) is 68.9 cm³/mol. The van der Waals surface area contributed by atoms with Crippen molar-refractivity contribution in [3.05, 3.63) is 66.2 Å². The molecule has 1 aromatic carbocycles. The van der Waals surface area contributed by atoms with Crippen molar-refractivity contribution < 1.29 is 0 Å². The molecule has 0 spiro atoms. The molecule has 2 heterocycles. The standard InChI is InChI=1S/C14H12N4/c1-2-4-12(5-3-1)14-16-13(17-18-14)10-11-6-8-15-9-7-11/h1-9H,10H2,(H,16,17,18). The van der Waals surface area contributed by atoms with Crippen LogP contribution in [-0.4, -0.2) is 20.2 Å². The lowest BCUT2D eigenvalue weighted by molar-refractivity contribution is 0.970. The maximum atomic E-state index is 4.49. The summed E-state index contributed by atoms with van der Waals surface area (Å²) in [5.41, 5.74) is 2.19. The number of aromatic nitrogens is 4. The summed E-state index contributed by atoms with van der Waals surface area (Å²) < 4.78 is 0. The van der Waals surface area contributed by atoms with Crippen molar-refractivity contribution in [3.8, 4) is 11.4 Å². The largest absolute Gasteiger partial charge is 0.265 e. The smallest absolute Gasteiger partial charge is 0.181 e. The molecule has 0 atom stereocenters. The van der Waals surface area contributed by atoms with Gasteiger partial charge in [-0.1, -0.05) is 30.3 Å². The fraction of sp³-hybridized carbons (Fsp3) is 0.0714. The normalized spacial score (nSPS) is 10.4. The molecule has 2 aromatic heterocycles. The van der Waals surface area contributed by atoms with Gasteiger partial charge in [0.1, 0.15) is 5.82 Å². The van der Waals surface area contributed by atoms with Crippen LogP contribution in [0.3, 0.4) is 0 Å². The highest BCUT2D eigenvalue weighted by molar-refractivity contribution is 5.53. The van der Waals surface area contributed by atoms with Gasteiger partial charge in [0.05, 0.1) is 0 Å². The van der Waals surface area contributed by atoms with Gasteiger partial charge in [-0.15, -0.1) is 0 Å². The van der Waals surface area contributed by atoms with Crippen LogP contribution in [0, 0.1) is 0 Å². The van der Waals surface area contributed by atoms with Crippen LogP contribution < -0.4 is 0 Å². The molecule has 4 heteroatoms. The van der Waals surface area contributed by atoms with E-state index in [1.54, 1.807) is 12.4 Å². The number of H-pyrrole nitrogens is 1. The van der Waals surface area contributed by atoms with Crippen molar-refractivity contribution in [1.82, 2.24) is 20.2 Å². The molecule has 3 rings (SSSR count). The van der Waals surface area contributed by atoms with Gasteiger partial charge in [0.15, 0.2) is 5.82 Å². The van der Waals surface area contributed by atoms with Crippen molar-refractivity contribution in [1.29, 1.82) is 0 Å². The lowest BCUT2D eigenvalue weighted by atomic mass is 10.2. The molecule has 0 saturated heterocycles.